The first-order chi connectivity index (χ1) is 3.31. The molecule has 0 bridgehead atoms. The van der Waals surface area contributed by atoms with E-state index in [4.69, 9.17) is 5.73 Å². The van der Waals surface area contributed by atoms with Crippen molar-refractivity contribution in [2.45, 2.75) is 0 Å². The number of allylic oxidation sites excluding steroid dienone is 2. The van der Waals surface area contributed by atoms with Crippen LogP contribution in [0.5, 0.6) is 0 Å². The van der Waals surface area contributed by atoms with Crippen molar-refractivity contribution >= 4 is 5.78 Å². The summed E-state index contributed by atoms with van der Waals surface area (Å²) >= 11 is 0. The van der Waals surface area contributed by atoms with Crippen molar-refractivity contribution < 1.29 is 4.79 Å². The van der Waals surface area contributed by atoms with Crippen LogP contribution >= 0.6 is 0 Å². The molecule has 0 aliphatic rings. The number of hydrogen-bond donors (Lipinski definition) is 1. The molecule has 0 spiro atoms. The lowest BCUT2D eigenvalue weighted by Crippen LogP contribution is -1.85. The third kappa shape index (κ3) is 2.76. The SMILES string of the molecule is C=CC(=O)/C=C/N. The first kappa shape index (κ1) is 5.95. The number of carbonyl (C=O) groups excluding carboxylic acids is 1. The van der Waals surface area contributed by atoms with Crippen LogP contribution in [0, 0.1) is 0 Å². The Morgan fingerprint density at radius 2 is 2.29 bits per heavy atom. The second-order valence-electron chi connectivity index (χ2n) is 0.966. The lowest BCUT2D eigenvalue weighted by molar-refractivity contribution is -0.110. The molecule has 2 N–H and O–H groups in total. The van der Waals surface area contributed by atoms with Gasteiger partial charge in [0.2, 0.25) is 0 Å². The molecule has 0 saturated heterocycles. The minimum Gasteiger partial charge on any atom is -0.404 e. The van der Waals surface area contributed by atoms with E-state index >= 15 is 0 Å². The van der Waals surface area contributed by atoms with Crippen LogP contribution in [0.25, 0.3) is 0 Å². The van der Waals surface area contributed by atoms with Gasteiger partial charge in [-0.1, -0.05) is 6.58 Å². The van der Waals surface area contributed by atoms with Gasteiger partial charge < -0.3 is 5.73 Å². The molecule has 0 atom stereocenters. The van der Waals surface area contributed by atoms with Crippen molar-refractivity contribution in [3.8, 4) is 0 Å². The van der Waals surface area contributed by atoms with Gasteiger partial charge in [-0.2, -0.15) is 0 Å². The zero-order valence-corrected chi connectivity index (χ0v) is 3.92. The van der Waals surface area contributed by atoms with Gasteiger partial charge in [-0.15, -0.1) is 0 Å². The van der Waals surface area contributed by atoms with Crippen molar-refractivity contribution in [3.05, 3.63) is 24.9 Å². The number of ketones is 1. The van der Waals surface area contributed by atoms with Gasteiger partial charge in [-0.25, -0.2) is 0 Å². The molecule has 0 aliphatic carbocycles. The first-order valence-electron chi connectivity index (χ1n) is 1.86. The highest BCUT2D eigenvalue weighted by Crippen LogP contribution is 1.70. The molecule has 0 aromatic carbocycles. The minimum atomic E-state index is -0.164. The molecule has 0 aromatic rings. The van der Waals surface area contributed by atoms with E-state index in [1.54, 1.807) is 0 Å². The van der Waals surface area contributed by atoms with Gasteiger partial charge in [0.25, 0.3) is 0 Å². The van der Waals surface area contributed by atoms with Crippen molar-refractivity contribution in [2.75, 3.05) is 0 Å². The molecule has 38 valence electrons. The minimum absolute atomic E-state index is 0.164. The molecule has 2 nitrogen and oxygen atoms in total. The Morgan fingerprint density at radius 1 is 1.71 bits per heavy atom. The van der Waals surface area contributed by atoms with E-state index in [1.165, 1.54) is 18.4 Å². The highest BCUT2D eigenvalue weighted by molar-refractivity contribution is 5.98. The van der Waals surface area contributed by atoms with Crippen LogP contribution in [0.1, 0.15) is 0 Å². The molecule has 0 fully saturated rings. The van der Waals surface area contributed by atoms with E-state index in [9.17, 15) is 4.79 Å². The van der Waals surface area contributed by atoms with Crippen LogP contribution in [0.2, 0.25) is 0 Å². The zero-order valence-electron chi connectivity index (χ0n) is 3.92. The number of nitrogens with two attached hydrogens (primary N) is 1. The summed E-state index contributed by atoms with van der Waals surface area (Å²) < 4.78 is 0. The molecule has 0 aromatic heterocycles. The Bertz CT molecular complexity index is 105. The third-order valence-corrected chi connectivity index (χ3v) is 0.462. The van der Waals surface area contributed by atoms with Gasteiger partial charge in [0.1, 0.15) is 0 Å². The molecule has 0 unspecified atom stereocenters. The van der Waals surface area contributed by atoms with E-state index in [0.29, 0.717) is 0 Å². The van der Waals surface area contributed by atoms with E-state index in [1.807, 2.05) is 0 Å². The standard InChI is InChI=1S/C5H7NO/c1-2-5(7)3-4-6/h2-4H,1,6H2/b4-3+. The number of rotatable bonds is 2. The summed E-state index contributed by atoms with van der Waals surface area (Å²) in [6, 6.07) is 0. The number of hydrogen-bond acceptors (Lipinski definition) is 2. The lowest BCUT2D eigenvalue weighted by atomic mass is 10.4. The molecule has 0 amide bonds. The monoisotopic (exact) mass is 97.1 g/mol. The Labute approximate surface area is 42.3 Å². The summed E-state index contributed by atoms with van der Waals surface area (Å²) in [4.78, 5) is 10.1. The molecule has 0 aliphatic heterocycles. The van der Waals surface area contributed by atoms with E-state index in [0.717, 1.165) is 0 Å². The van der Waals surface area contributed by atoms with E-state index in [-0.39, 0.29) is 5.78 Å². The predicted molar refractivity (Wildman–Crippen MR) is 28.5 cm³/mol. The Balaban J connectivity index is 3.58. The smallest absolute Gasteiger partial charge is 0.179 e. The maximum Gasteiger partial charge on any atom is 0.179 e. The molecule has 0 heterocycles. The van der Waals surface area contributed by atoms with Crippen molar-refractivity contribution in [2.24, 2.45) is 5.73 Å². The van der Waals surface area contributed by atoms with Crippen LogP contribution < -0.4 is 5.73 Å². The Kier molecular flexibility index (Phi) is 2.68. The average Bonchev–Trinajstić information content (AvgIpc) is 1.68. The van der Waals surface area contributed by atoms with Crippen LogP contribution in [-0.2, 0) is 4.79 Å². The fourth-order valence-electron chi connectivity index (χ4n) is 0.163. The molecule has 2 heteroatoms. The van der Waals surface area contributed by atoms with Crippen molar-refractivity contribution in [1.82, 2.24) is 0 Å². The van der Waals surface area contributed by atoms with Gasteiger partial charge in [0.05, 0.1) is 0 Å². The van der Waals surface area contributed by atoms with E-state index in [2.05, 4.69) is 6.58 Å². The Hall–Kier alpha value is -1.05. The maximum absolute atomic E-state index is 10.1. The van der Waals surface area contributed by atoms with Crippen molar-refractivity contribution in [1.29, 1.82) is 0 Å². The molecule has 0 saturated carbocycles. The van der Waals surface area contributed by atoms with Crippen LogP contribution in [-0.4, -0.2) is 5.78 Å². The highest BCUT2D eigenvalue weighted by Gasteiger charge is 1.78. The molecular formula is C5H7NO. The highest BCUT2D eigenvalue weighted by atomic mass is 16.1. The van der Waals surface area contributed by atoms with Gasteiger partial charge in [-0.3, -0.25) is 4.79 Å². The maximum atomic E-state index is 10.1. The molecule has 7 heavy (non-hydrogen) atoms. The second kappa shape index (κ2) is 3.15. The molecular weight excluding hydrogens is 90.1 g/mol. The normalized spacial score (nSPS) is 9.14. The lowest BCUT2D eigenvalue weighted by Gasteiger charge is -1.72. The molecule has 0 rings (SSSR count). The number of carbonyl (C=O) groups is 1. The first-order valence-corrected chi connectivity index (χ1v) is 1.86. The van der Waals surface area contributed by atoms with Crippen LogP contribution in [0.15, 0.2) is 24.9 Å². The largest absolute Gasteiger partial charge is 0.404 e. The summed E-state index contributed by atoms with van der Waals surface area (Å²) in [6.45, 7) is 3.22. The quantitative estimate of drug-likeness (QED) is 0.500. The van der Waals surface area contributed by atoms with Gasteiger partial charge >= 0.3 is 0 Å². The predicted octanol–water partition coefficient (Wildman–Crippen LogP) is 0.214. The summed E-state index contributed by atoms with van der Waals surface area (Å²) in [6.07, 6.45) is 3.63. The third-order valence-electron chi connectivity index (χ3n) is 0.462. The second-order valence-corrected chi connectivity index (χ2v) is 0.966. The Morgan fingerprint density at radius 3 is 2.43 bits per heavy atom. The van der Waals surface area contributed by atoms with Crippen LogP contribution in [0.3, 0.4) is 0 Å². The summed E-state index contributed by atoms with van der Waals surface area (Å²) in [5.74, 6) is -0.164. The van der Waals surface area contributed by atoms with Crippen molar-refractivity contribution in [3.63, 3.8) is 0 Å². The van der Waals surface area contributed by atoms with Gasteiger partial charge in [-0.05, 0) is 12.3 Å². The topological polar surface area (TPSA) is 43.1 Å². The van der Waals surface area contributed by atoms with Gasteiger partial charge in [0, 0.05) is 6.08 Å². The zero-order chi connectivity index (χ0) is 5.70. The van der Waals surface area contributed by atoms with Gasteiger partial charge in [0.15, 0.2) is 5.78 Å². The average molecular weight is 97.1 g/mol. The molecule has 0 radical (unpaired) electrons. The summed E-state index contributed by atoms with van der Waals surface area (Å²) in [5, 5.41) is 0. The van der Waals surface area contributed by atoms with Crippen LogP contribution in [0.4, 0.5) is 0 Å². The fraction of sp³-hybridized carbons (Fsp3) is 0. The summed E-state index contributed by atoms with van der Waals surface area (Å²) in [7, 11) is 0. The fourth-order valence-corrected chi connectivity index (χ4v) is 0.163. The van der Waals surface area contributed by atoms with E-state index < -0.39 is 0 Å². The summed E-state index contributed by atoms with van der Waals surface area (Å²) in [5.41, 5.74) is 4.86.